The van der Waals surface area contributed by atoms with Crippen molar-refractivity contribution >= 4 is 14.5 Å². The van der Waals surface area contributed by atoms with Crippen LogP contribution in [0.15, 0.2) is 23.5 Å². The fraction of sp³-hybridized carbons (Fsp3) is 0.886. The second-order valence-electron chi connectivity index (χ2n) is 14.2. The first-order valence-corrected chi connectivity index (χ1v) is 22.0. The van der Waals surface area contributed by atoms with E-state index in [1.165, 1.54) is 51.4 Å². The van der Waals surface area contributed by atoms with Gasteiger partial charge >= 0.3 is 0 Å². The zero-order chi connectivity index (χ0) is 25.4. The molecule has 0 N–H and O–H groups in total. The summed E-state index contributed by atoms with van der Waals surface area (Å²) in [5, 5.41) is 2.11. The molecule has 2 heteroatoms. The molecule has 0 aromatic rings. The van der Waals surface area contributed by atoms with Crippen molar-refractivity contribution in [2.75, 3.05) is 19.0 Å². The Bertz CT molecular complexity index is 690. The summed E-state index contributed by atoms with van der Waals surface area (Å²) in [6.45, 7) is 2.98. The highest BCUT2D eigenvalue weighted by Crippen LogP contribution is 2.81. The van der Waals surface area contributed by atoms with Crippen LogP contribution in [-0.2, 0) is 0 Å². The van der Waals surface area contributed by atoms with Crippen molar-refractivity contribution in [3.63, 3.8) is 0 Å². The lowest BCUT2D eigenvalue weighted by molar-refractivity contribution is 0.476. The molecule has 0 aromatic heterocycles. The molecule has 0 aromatic carbocycles. The zero-order valence-corrected chi connectivity index (χ0v) is 26.6. The molecule has 5 aliphatic rings. The van der Waals surface area contributed by atoms with Gasteiger partial charge in [0, 0.05) is 20.3 Å². The van der Waals surface area contributed by atoms with Gasteiger partial charge in [-0.2, -0.15) is 0 Å². The van der Waals surface area contributed by atoms with Crippen LogP contribution >= 0.6 is 14.5 Å². The Hall–Kier alpha value is 0.340. The first-order valence-electron chi connectivity index (χ1n) is 17.3. The summed E-state index contributed by atoms with van der Waals surface area (Å²) in [4.78, 5) is 0. The maximum Gasteiger partial charge on any atom is 0.0978 e. The van der Waals surface area contributed by atoms with E-state index in [-0.39, 0.29) is 0 Å². The zero-order valence-electron chi connectivity index (χ0n) is 24.8. The molecule has 0 heterocycles. The molecular formula is C35H62P2+2. The molecule has 0 aliphatic heterocycles. The lowest BCUT2D eigenvalue weighted by atomic mass is 9.99. The van der Waals surface area contributed by atoms with Gasteiger partial charge in [-0.25, -0.2) is 0 Å². The monoisotopic (exact) mass is 544 g/mol. The van der Waals surface area contributed by atoms with Crippen molar-refractivity contribution in [1.29, 1.82) is 0 Å². The molecular weight excluding hydrogens is 482 g/mol. The topological polar surface area (TPSA) is 0 Å². The normalized spacial score (nSPS) is 29.3. The highest BCUT2D eigenvalue weighted by Gasteiger charge is 2.58. The highest BCUT2D eigenvalue weighted by atomic mass is 31.2. The van der Waals surface area contributed by atoms with E-state index in [2.05, 4.69) is 30.2 Å². The fourth-order valence-electron chi connectivity index (χ4n) is 10.0. The summed E-state index contributed by atoms with van der Waals surface area (Å²) in [5.41, 5.74) is 4.48. The van der Waals surface area contributed by atoms with Crippen molar-refractivity contribution in [1.82, 2.24) is 0 Å². The van der Waals surface area contributed by atoms with Gasteiger partial charge in [-0.3, -0.25) is 0 Å². The van der Waals surface area contributed by atoms with Gasteiger partial charge in [0.1, 0.15) is 0 Å². The SMILES string of the molecule is C[P+](CC[P+](/C1=C/CC/C=C\CC1)(C1CCCCC1)C1CCCCC1)(C1CCCCC1)C1CCCCC1. The van der Waals surface area contributed by atoms with E-state index in [1.54, 1.807) is 115 Å². The summed E-state index contributed by atoms with van der Waals surface area (Å²) in [6, 6.07) is 0. The molecule has 0 nitrogen and oxygen atoms in total. The van der Waals surface area contributed by atoms with Crippen molar-refractivity contribution in [3.8, 4) is 0 Å². The maximum absolute atomic E-state index is 2.98. The third-order valence-corrected chi connectivity index (χ3v) is 24.2. The standard InChI is InChI=1S/C35H62P2/c1-36(31-19-11-5-12-20-31,32-21-13-6-14-22-32)29-30-37(34-25-15-7-16-26-34,35-27-17-8-18-28-35)33-23-9-3-2-4-10-24-33/h2-3,24,31-32,34-35H,4-23,25-30H2,1H3/q+2/b3-2-,33-24+. The number of allylic oxidation sites excluding steroid dienone is 4. The predicted octanol–water partition coefficient (Wildman–Crippen LogP) is 12.0. The first kappa shape index (κ1) is 28.9. The van der Waals surface area contributed by atoms with Crippen LogP contribution in [0.2, 0.25) is 0 Å². The summed E-state index contributed by atoms with van der Waals surface area (Å²) in [5.74, 6) is 0. The molecule has 0 radical (unpaired) electrons. The van der Waals surface area contributed by atoms with E-state index in [4.69, 9.17) is 0 Å². The van der Waals surface area contributed by atoms with E-state index in [0.29, 0.717) is 0 Å². The summed E-state index contributed by atoms with van der Waals surface area (Å²) < 4.78 is 0. The average molecular weight is 545 g/mol. The Balaban J connectivity index is 1.50. The maximum atomic E-state index is 2.98. The van der Waals surface area contributed by atoms with Crippen LogP contribution in [0.4, 0.5) is 0 Å². The quantitative estimate of drug-likeness (QED) is 0.210. The summed E-state index contributed by atoms with van der Waals surface area (Å²) >= 11 is 0. The minimum atomic E-state index is -1.11. The van der Waals surface area contributed by atoms with Crippen molar-refractivity contribution < 1.29 is 0 Å². The van der Waals surface area contributed by atoms with Crippen molar-refractivity contribution in [2.24, 2.45) is 0 Å². The molecule has 0 bridgehead atoms. The van der Waals surface area contributed by atoms with Crippen LogP contribution in [0, 0.1) is 0 Å². The van der Waals surface area contributed by atoms with E-state index in [0.717, 1.165) is 22.6 Å². The Morgan fingerprint density at radius 1 is 0.514 bits per heavy atom. The Kier molecular flexibility index (Phi) is 11.2. The Labute approximate surface area is 233 Å². The van der Waals surface area contributed by atoms with E-state index in [9.17, 15) is 0 Å². The molecule has 0 amide bonds. The first-order chi connectivity index (χ1) is 18.2. The molecule has 0 unspecified atom stereocenters. The molecule has 0 saturated heterocycles. The second-order valence-corrected chi connectivity index (χ2v) is 23.1. The smallest absolute Gasteiger partial charge is 0.0882 e. The predicted molar refractivity (Wildman–Crippen MR) is 173 cm³/mol. The minimum absolute atomic E-state index is 0.903. The van der Waals surface area contributed by atoms with Crippen LogP contribution in [0.1, 0.15) is 154 Å². The number of rotatable bonds is 8. The largest absolute Gasteiger partial charge is 0.0978 e. The van der Waals surface area contributed by atoms with Crippen LogP contribution in [-0.4, -0.2) is 41.6 Å². The lowest BCUT2D eigenvalue weighted by Gasteiger charge is -2.47. The molecule has 4 fully saturated rings. The van der Waals surface area contributed by atoms with Gasteiger partial charge in [0.2, 0.25) is 0 Å². The molecule has 210 valence electrons. The minimum Gasteiger partial charge on any atom is -0.0882 e. The van der Waals surface area contributed by atoms with Crippen LogP contribution in [0.3, 0.4) is 0 Å². The van der Waals surface area contributed by atoms with Crippen molar-refractivity contribution in [3.05, 3.63) is 23.5 Å². The second kappa shape index (κ2) is 14.3. The summed E-state index contributed by atoms with van der Waals surface area (Å²) in [7, 11) is -2.02. The van der Waals surface area contributed by atoms with E-state index < -0.39 is 14.5 Å². The fourth-order valence-corrected chi connectivity index (χ4v) is 23.6. The third-order valence-electron chi connectivity index (χ3n) is 12.2. The van der Waals surface area contributed by atoms with Gasteiger partial charge < -0.3 is 0 Å². The van der Waals surface area contributed by atoms with Gasteiger partial charge in [0.25, 0.3) is 0 Å². The highest BCUT2D eigenvalue weighted by molar-refractivity contribution is 7.83. The summed E-state index contributed by atoms with van der Waals surface area (Å²) in [6.07, 6.45) is 48.1. The van der Waals surface area contributed by atoms with Crippen LogP contribution in [0.25, 0.3) is 0 Å². The van der Waals surface area contributed by atoms with Gasteiger partial charge in [-0.05, 0) is 128 Å². The molecule has 5 rings (SSSR count). The van der Waals surface area contributed by atoms with Crippen LogP contribution in [0.5, 0.6) is 0 Å². The van der Waals surface area contributed by atoms with E-state index in [1.807, 2.05) is 0 Å². The Morgan fingerprint density at radius 3 is 1.43 bits per heavy atom. The van der Waals surface area contributed by atoms with Gasteiger partial charge in [-0.15, -0.1) is 0 Å². The van der Waals surface area contributed by atoms with Gasteiger partial charge in [0.15, 0.2) is 0 Å². The van der Waals surface area contributed by atoms with Crippen molar-refractivity contribution in [2.45, 2.75) is 177 Å². The molecule has 5 aliphatic carbocycles. The number of hydrogen-bond donors (Lipinski definition) is 0. The average Bonchev–Trinajstić information content (AvgIpc) is 2.96. The van der Waals surface area contributed by atoms with Gasteiger partial charge in [-0.1, -0.05) is 37.8 Å². The number of hydrogen-bond acceptors (Lipinski definition) is 0. The lowest BCUT2D eigenvalue weighted by Crippen LogP contribution is -2.35. The Morgan fingerprint density at radius 2 is 0.946 bits per heavy atom. The molecule has 0 spiro atoms. The molecule has 4 saturated carbocycles. The molecule has 37 heavy (non-hydrogen) atoms. The van der Waals surface area contributed by atoms with Gasteiger partial charge in [0.05, 0.1) is 47.5 Å². The molecule has 0 atom stereocenters. The van der Waals surface area contributed by atoms with Crippen LogP contribution < -0.4 is 0 Å². The van der Waals surface area contributed by atoms with E-state index >= 15 is 0 Å². The third kappa shape index (κ3) is 6.81.